The summed E-state index contributed by atoms with van der Waals surface area (Å²) in [4.78, 5) is 12.2. The lowest BCUT2D eigenvalue weighted by atomic mass is 10.1. The van der Waals surface area contributed by atoms with E-state index in [-0.39, 0.29) is 5.91 Å². The average Bonchev–Trinajstić information content (AvgIpc) is 2.50. The Hall–Kier alpha value is -2.40. The van der Waals surface area contributed by atoms with Crippen molar-refractivity contribution in [3.63, 3.8) is 0 Å². The number of hydrogen-bond acceptors (Lipinski definition) is 4. The van der Waals surface area contributed by atoms with E-state index in [9.17, 15) is 4.79 Å². The molecule has 21 heavy (non-hydrogen) atoms. The molecule has 5 nitrogen and oxygen atoms in total. The number of anilines is 2. The minimum Gasteiger partial charge on any atom is -0.486 e. The quantitative estimate of drug-likeness (QED) is 0.837. The molecule has 2 aromatic rings. The van der Waals surface area contributed by atoms with Gasteiger partial charge in [0.05, 0.1) is 10.7 Å². The van der Waals surface area contributed by atoms with Gasteiger partial charge in [0, 0.05) is 11.3 Å². The zero-order valence-corrected chi connectivity index (χ0v) is 11.8. The molecule has 0 bridgehead atoms. The van der Waals surface area contributed by atoms with Crippen molar-refractivity contribution in [3.8, 4) is 11.5 Å². The SMILES string of the molecule is Nc1ccc(NC(=O)c2ccc3c(c2)OCCO3)cc1Cl. The standard InChI is InChI=1S/C15H13ClN2O3/c16-11-8-10(2-3-12(11)17)18-15(19)9-1-4-13-14(7-9)21-6-5-20-13/h1-4,7-8H,5-6,17H2,(H,18,19). The van der Waals surface area contributed by atoms with E-state index < -0.39 is 0 Å². The van der Waals surface area contributed by atoms with Gasteiger partial charge in [-0.1, -0.05) is 11.6 Å². The molecule has 1 amide bonds. The van der Waals surface area contributed by atoms with Gasteiger partial charge in [-0.2, -0.15) is 0 Å². The zero-order chi connectivity index (χ0) is 14.8. The Bertz CT molecular complexity index is 703. The summed E-state index contributed by atoms with van der Waals surface area (Å²) in [5.74, 6) is 0.963. The Kier molecular flexibility index (Phi) is 3.58. The number of carbonyl (C=O) groups excluding carboxylic acids is 1. The molecule has 3 N–H and O–H groups in total. The third-order valence-corrected chi connectivity index (χ3v) is 3.39. The number of nitrogen functional groups attached to an aromatic ring is 1. The summed E-state index contributed by atoms with van der Waals surface area (Å²) < 4.78 is 10.9. The number of amides is 1. The van der Waals surface area contributed by atoms with Crippen molar-refractivity contribution in [2.45, 2.75) is 0 Å². The highest BCUT2D eigenvalue weighted by Gasteiger charge is 2.15. The van der Waals surface area contributed by atoms with E-state index in [1.807, 2.05) is 0 Å². The maximum atomic E-state index is 12.2. The van der Waals surface area contributed by atoms with Gasteiger partial charge < -0.3 is 20.5 Å². The van der Waals surface area contributed by atoms with Gasteiger partial charge in [0.25, 0.3) is 5.91 Å². The van der Waals surface area contributed by atoms with Crippen LogP contribution < -0.4 is 20.5 Å². The first-order chi connectivity index (χ1) is 10.1. The summed E-state index contributed by atoms with van der Waals surface area (Å²) in [7, 11) is 0. The van der Waals surface area contributed by atoms with Crippen LogP contribution in [0.25, 0.3) is 0 Å². The summed E-state index contributed by atoms with van der Waals surface area (Å²) in [5, 5.41) is 3.16. The smallest absolute Gasteiger partial charge is 0.255 e. The third kappa shape index (κ3) is 2.87. The van der Waals surface area contributed by atoms with Crippen LogP contribution in [-0.4, -0.2) is 19.1 Å². The van der Waals surface area contributed by atoms with Crippen LogP contribution >= 0.6 is 11.6 Å². The summed E-state index contributed by atoms with van der Waals surface area (Å²) >= 11 is 5.93. The van der Waals surface area contributed by atoms with Crippen molar-refractivity contribution in [1.82, 2.24) is 0 Å². The average molecular weight is 305 g/mol. The third-order valence-electron chi connectivity index (χ3n) is 3.06. The summed E-state index contributed by atoms with van der Waals surface area (Å²) in [6.45, 7) is 0.994. The fraction of sp³-hybridized carbons (Fsp3) is 0.133. The lowest BCUT2D eigenvalue weighted by Crippen LogP contribution is -2.17. The van der Waals surface area contributed by atoms with Gasteiger partial charge in [0.1, 0.15) is 13.2 Å². The molecule has 0 saturated carbocycles. The molecule has 6 heteroatoms. The molecule has 108 valence electrons. The Morgan fingerprint density at radius 2 is 1.86 bits per heavy atom. The first-order valence-corrected chi connectivity index (χ1v) is 6.77. The molecule has 0 spiro atoms. The van der Waals surface area contributed by atoms with Crippen molar-refractivity contribution in [1.29, 1.82) is 0 Å². The van der Waals surface area contributed by atoms with Gasteiger partial charge in [-0.05, 0) is 36.4 Å². The molecular weight excluding hydrogens is 292 g/mol. The van der Waals surface area contributed by atoms with Gasteiger partial charge in [-0.3, -0.25) is 4.79 Å². The van der Waals surface area contributed by atoms with Crippen LogP contribution in [-0.2, 0) is 0 Å². The van der Waals surface area contributed by atoms with Crippen LogP contribution in [0.15, 0.2) is 36.4 Å². The van der Waals surface area contributed by atoms with Crippen molar-refractivity contribution >= 4 is 28.9 Å². The highest BCUT2D eigenvalue weighted by molar-refractivity contribution is 6.33. The van der Waals surface area contributed by atoms with E-state index in [0.29, 0.717) is 46.7 Å². The Morgan fingerprint density at radius 3 is 2.62 bits per heavy atom. The molecule has 0 atom stereocenters. The Morgan fingerprint density at radius 1 is 1.10 bits per heavy atom. The van der Waals surface area contributed by atoms with Gasteiger partial charge in [-0.15, -0.1) is 0 Å². The predicted molar refractivity (Wildman–Crippen MR) is 81.2 cm³/mol. The number of carbonyl (C=O) groups is 1. The second kappa shape index (κ2) is 5.54. The largest absolute Gasteiger partial charge is 0.486 e. The molecule has 0 aromatic heterocycles. The first-order valence-electron chi connectivity index (χ1n) is 6.39. The lowest BCUT2D eigenvalue weighted by molar-refractivity contribution is 0.102. The van der Waals surface area contributed by atoms with Crippen LogP contribution in [0, 0.1) is 0 Å². The van der Waals surface area contributed by atoms with Crippen LogP contribution in [0.3, 0.4) is 0 Å². The van der Waals surface area contributed by atoms with E-state index >= 15 is 0 Å². The van der Waals surface area contributed by atoms with Gasteiger partial charge >= 0.3 is 0 Å². The number of hydrogen-bond donors (Lipinski definition) is 2. The van der Waals surface area contributed by atoms with E-state index in [4.69, 9.17) is 26.8 Å². The number of benzene rings is 2. The first kappa shape index (κ1) is 13.6. The fourth-order valence-corrected chi connectivity index (χ4v) is 2.17. The number of fused-ring (bicyclic) bond motifs is 1. The van der Waals surface area contributed by atoms with Crippen LogP contribution in [0.4, 0.5) is 11.4 Å². The maximum Gasteiger partial charge on any atom is 0.255 e. The summed E-state index contributed by atoms with van der Waals surface area (Å²) in [5.41, 5.74) is 7.16. The molecule has 0 saturated heterocycles. The van der Waals surface area contributed by atoms with Gasteiger partial charge in [0.2, 0.25) is 0 Å². The summed E-state index contributed by atoms with van der Waals surface area (Å²) in [6, 6.07) is 10.00. The molecule has 0 radical (unpaired) electrons. The minimum absolute atomic E-state index is 0.257. The van der Waals surface area contributed by atoms with E-state index in [0.717, 1.165) is 0 Å². The molecule has 3 rings (SSSR count). The van der Waals surface area contributed by atoms with E-state index in [2.05, 4.69) is 5.32 Å². The van der Waals surface area contributed by atoms with E-state index in [1.165, 1.54) is 0 Å². The number of nitrogens with one attached hydrogen (secondary N) is 1. The molecular formula is C15H13ClN2O3. The van der Waals surface area contributed by atoms with Crippen LogP contribution in [0.5, 0.6) is 11.5 Å². The molecule has 1 heterocycles. The molecule has 0 unspecified atom stereocenters. The summed E-state index contributed by atoms with van der Waals surface area (Å²) in [6.07, 6.45) is 0. The monoisotopic (exact) mass is 304 g/mol. The van der Waals surface area contributed by atoms with Crippen molar-refractivity contribution in [3.05, 3.63) is 47.0 Å². The highest BCUT2D eigenvalue weighted by atomic mass is 35.5. The number of halogens is 1. The van der Waals surface area contributed by atoms with Crippen LogP contribution in [0.2, 0.25) is 5.02 Å². The van der Waals surface area contributed by atoms with Gasteiger partial charge in [-0.25, -0.2) is 0 Å². The second-order valence-corrected chi connectivity index (χ2v) is 4.96. The number of nitrogens with two attached hydrogens (primary N) is 1. The maximum absolute atomic E-state index is 12.2. The molecule has 1 aliphatic rings. The predicted octanol–water partition coefficient (Wildman–Crippen LogP) is 2.95. The van der Waals surface area contributed by atoms with Crippen LogP contribution in [0.1, 0.15) is 10.4 Å². The van der Waals surface area contributed by atoms with Gasteiger partial charge in [0.15, 0.2) is 11.5 Å². The zero-order valence-electron chi connectivity index (χ0n) is 11.1. The van der Waals surface area contributed by atoms with Crippen molar-refractivity contribution < 1.29 is 14.3 Å². The Labute approximate surface area is 126 Å². The lowest BCUT2D eigenvalue weighted by Gasteiger charge is -2.18. The molecule has 0 aliphatic carbocycles. The van der Waals surface area contributed by atoms with Crippen molar-refractivity contribution in [2.75, 3.05) is 24.3 Å². The highest BCUT2D eigenvalue weighted by Crippen LogP contribution is 2.31. The fourth-order valence-electron chi connectivity index (χ4n) is 1.99. The molecule has 1 aliphatic heterocycles. The van der Waals surface area contributed by atoms with E-state index in [1.54, 1.807) is 36.4 Å². The minimum atomic E-state index is -0.257. The second-order valence-electron chi connectivity index (χ2n) is 4.55. The Balaban J connectivity index is 1.80. The number of ether oxygens (including phenoxy) is 2. The number of rotatable bonds is 2. The molecule has 2 aromatic carbocycles. The normalized spacial score (nSPS) is 12.8. The molecule has 0 fully saturated rings. The topological polar surface area (TPSA) is 73.6 Å². The van der Waals surface area contributed by atoms with Crippen molar-refractivity contribution in [2.24, 2.45) is 0 Å².